The van der Waals surface area contributed by atoms with Crippen molar-refractivity contribution in [2.45, 2.75) is 6.42 Å². The number of aromatic nitrogens is 2. The first kappa shape index (κ1) is 19.8. The first-order valence-electron chi connectivity index (χ1n) is 9.09. The normalized spacial score (nSPS) is 10.2. The summed E-state index contributed by atoms with van der Waals surface area (Å²) < 4.78 is 6.74. The van der Waals surface area contributed by atoms with Crippen LogP contribution < -0.4 is 0 Å². The van der Waals surface area contributed by atoms with Gasteiger partial charge in [0.1, 0.15) is 0 Å². The van der Waals surface area contributed by atoms with Crippen LogP contribution >= 0.6 is 0 Å². The molecule has 29 heavy (non-hydrogen) atoms. The average Bonchev–Trinajstić information content (AvgIpc) is 3.22. The lowest BCUT2D eigenvalue weighted by Crippen LogP contribution is -2.32. The molecule has 0 fully saturated rings. The molecule has 3 rings (SSSR count). The zero-order valence-corrected chi connectivity index (χ0v) is 16.0. The Bertz CT molecular complexity index is 1020. The number of hydrogen-bond donors (Lipinski definition) is 0. The molecule has 0 aliphatic heterocycles. The Morgan fingerprint density at radius 1 is 1.10 bits per heavy atom. The van der Waals surface area contributed by atoms with Gasteiger partial charge in [0.05, 0.1) is 23.9 Å². The molecule has 1 amide bonds. The molecule has 2 aromatic carbocycles. The number of hydrogen-bond acceptors (Lipinski definition) is 5. The number of para-hydroxylation sites is 1. The van der Waals surface area contributed by atoms with Gasteiger partial charge in [-0.1, -0.05) is 48.5 Å². The van der Waals surface area contributed by atoms with Gasteiger partial charge in [-0.15, -0.1) is 0 Å². The predicted molar refractivity (Wildman–Crippen MR) is 107 cm³/mol. The van der Waals surface area contributed by atoms with Crippen LogP contribution in [0.3, 0.4) is 0 Å². The SMILES string of the molecule is CN(CCC#N)C(=O)COC(=O)c1cc(-c2ccccc2)nn1-c1ccccc1. The first-order chi connectivity index (χ1) is 14.1. The molecule has 1 heterocycles. The van der Waals surface area contributed by atoms with Crippen LogP contribution in [0.15, 0.2) is 66.7 Å². The summed E-state index contributed by atoms with van der Waals surface area (Å²) in [5.74, 6) is -1.02. The van der Waals surface area contributed by atoms with Crippen LogP contribution in [-0.4, -0.2) is 46.8 Å². The zero-order chi connectivity index (χ0) is 20.6. The van der Waals surface area contributed by atoms with Crippen molar-refractivity contribution in [3.63, 3.8) is 0 Å². The number of benzene rings is 2. The highest BCUT2D eigenvalue weighted by Crippen LogP contribution is 2.22. The maximum atomic E-state index is 12.7. The van der Waals surface area contributed by atoms with Crippen molar-refractivity contribution in [3.05, 3.63) is 72.4 Å². The number of esters is 1. The van der Waals surface area contributed by atoms with Crippen molar-refractivity contribution >= 4 is 11.9 Å². The van der Waals surface area contributed by atoms with Crippen LogP contribution in [-0.2, 0) is 9.53 Å². The van der Waals surface area contributed by atoms with Crippen molar-refractivity contribution in [2.24, 2.45) is 0 Å². The van der Waals surface area contributed by atoms with Gasteiger partial charge in [-0.2, -0.15) is 10.4 Å². The Labute approximate surface area is 168 Å². The minimum Gasteiger partial charge on any atom is -0.451 e. The van der Waals surface area contributed by atoms with Gasteiger partial charge in [0.2, 0.25) is 0 Å². The Balaban J connectivity index is 1.83. The highest BCUT2D eigenvalue weighted by atomic mass is 16.5. The lowest BCUT2D eigenvalue weighted by atomic mass is 10.1. The molecule has 0 N–H and O–H groups in total. The molecule has 0 saturated carbocycles. The van der Waals surface area contributed by atoms with Gasteiger partial charge in [-0.25, -0.2) is 9.48 Å². The summed E-state index contributed by atoms with van der Waals surface area (Å²) >= 11 is 0. The van der Waals surface area contributed by atoms with E-state index < -0.39 is 12.6 Å². The molecule has 1 aromatic heterocycles. The maximum Gasteiger partial charge on any atom is 0.357 e. The number of likely N-dealkylation sites (N-methyl/N-ethyl adjacent to an activating group) is 1. The zero-order valence-electron chi connectivity index (χ0n) is 16.0. The van der Waals surface area contributed by atoms with Gasteiger partial charge in [0, 0.05) is 19.2 Å². The van der Waals surface area contributed by atoms with Gasteiger partial charge in [-0.05, 0) is 18.2 Å². The van der Waals surface area contributed by atoms with E-state index in [1.165, 1.54) is 9.58 Å². The van der Waals surface area contributed by atoms with Crippen LogP contribution in [0.25, 0.3) is 16.9 Å². The smallest absolute Gasteiger partial charge is 0.357 e. The number of rotatable bonds is 7. The fourth-order valence-electron chi connectivity index (χ4n) is 2.70. The average molecular weight is 388 g/mol. The van der Waals surface area contributed by atoms with Gasteiger partial charge in [0.15, 0.2) is 12.3 Å². The van der Waals surface area contributed by atoms with E-state index in [0.29, 0.717) is 11.4 Å². The highest BCUT2D eigenvalue weighted by Gasteiger charge is 2.20. The van der Waals surface area contributed by atoms with E-state index in [-0.39, 0.29) is 24.6 Å². The molecule has 0 bridgehead atoms. The minimum atomic E-state index is -0.648. The lowest BCUT2D eigenvalue weighted by molar-refractivity contribution is -0.133. The molecule has 7 nitrogen and oxygen atoms in total. The van der Waals surface area contributed by atoms with E-state index in [1.807, 2.05) is 66.7 Å². The van der Waals surface area contributed by atoms with Crippen molar-refractivity contribution in [2.75, 3.05) is 20.2 Å². The third kappa shape index (κ3) is 4.87. The highest BCUT2D eigenvalue weighted by molar-refractivity contribution is 5.91. The van der Waals surface area contributed by atoms with E-state index in [0.717, 1.165) is 5.56 Å². The number of carbonyl (C=O) groups is 2. The summed E-state index contributed by atoms with van der Waals surface area (Å²) in [5.41, 5.74) is 2.42. The molecule has 0 radical (unpaired) electrons. The molecule has 7 heteroatoms. The van der Waals surface area contributed by atoms with Crippen LogP contribution in [0.1, 0.15) is 16.9 Å². The number of nitrogens with zero attached hydrogens (tertiary/aromatic N) is 4. The molecule has 146 valence electrons. The van der Waals surface area contributed by atoms with E-state index >= 15 is 0 Å². The van der Waals surface area contributed by atoms with Crippen LogP contribution in [0, 0.1) is 11.3 Å². The second kappa shape index (κ2) is 9.33. The quantitative estimate of drug-likeness (QED) is 0.581. The number of carbonyl (C=O) groups excluding carboxylic acids is 2. The summed E-state index contributed by atoms with van der Waals surface area (Å²) in [5, 5.41) is 13.2. The maximum absolute atomic E-state index is 12.7. The summed E-state index contributed by atoms with van der Waals surface area (Å²) in [6, 6.07) is 22.4. The van der Waals surface area contributed by atoms with Gasteiger partial charge < -0.3 is 9.64 Å². The third-order valence-electron chi connectivity index (χ3n) is 4.30. The summed E-state index contributed by atoms with van der Waals surface area (Å²) in [6.45, 7) is -0.117. The molecule has 0 unspecified atom stereocenters. The molecule has 0 spiro atoms. The number of amides is 1. The van der Waals surface area contributed by atoms with Gasteiger partial charge >= 0.3 is 5.97 Å². The summed E-state index contributed by atoms with van der Waals surface area (Å²) in [7, 11) is 1.56. The van der Waals surface area contributed by atoms with E-state index in [4.69, 9.17) is 10.00 Å². The van der Waals surface area contributed by atoms with E-state index in [2.05, 4.69) is 5.10 Å². The number of ether oxygens (including phenoxy) is 1. The van der Waals surface area contributed by atoms with Crippen molar-refractivity contribution < 1.29 is 14.3 Å². The minimum absolute atomic E-state index is 0.220. The Kier molecular flexibility index (Phi) is 6.38. The second-order valence-corrected chi connectivity index (χ2v) is 6.33. The third-order valence-corrected chi connectivity index (χ3v) is 4.30. The molecule has 0 atom stereocenters. The Morgan fingerprint density at radius 2 is 1.76 bits per heavy atom. The fraction of sp³-hybridized carbons (Fsp3) is 0.182. The lowest BCUT2D eigenvalue weighted by Gasteiger charge is -2.15. The van der Waals surface area contributed by atoms with Crippen molar-refractivity contribution in [3.8, 4) is 23.0 Å². The summed E-state index contributed by atoms with van der Waals surface area (Å²) in [4.78, 5) is 26.2. The molecule has 0 aliphatic rings. The largest absolute Gasteiger partial charge is 0.451 e. The molecule has 0 saturated heterocycles. The van der Waals surface area contributed by atoms with E-state index in [9.17, 15) is 9.59 Å². The molecular formula is C22H20N4O3. The second-order valence-electron chi connectivity index (χ2n) is 6.33. The topological polar surface area (TPSA) is 88.2 Å². The molecular weight excluding hydrogens is 368 g/mol. The summed E-state index contributed by atoms with van der Waals surface area (Å²) in [6.07, 6.45) is 0.220. The van der Waals surface area contributed by atoms with E-state index in [1.54, 1.807) is 13.1 Å². The van der Waals surface area contributed by atoms with Crippen molar-refractivity contribution in [1.29, 1.82) is 5.26 Å². The molecule has 0 aliphatic carbocycles. The van der Waals surface area contributed by atoms with Crippen LogP contribution in [0.2, 0.25) is 0 Å². The van der Waals surface area contributed by atoms with Gasteiger partial charge in [-0.3, -0.25) is 4.79 Å². The fourth-order valence-corrected chi connectivity index (χ4v) is 2.70. The van der Waals surface area contributed by atoms with Crippen LogP contribution in [0.5, 0.6) is 0 Å². The first-order valence-corrected chi connectivity index (χ1v) is 9.09. The monoisotopic (exact) mass is 388 g/mol. The Morgan fingerprint density at radius 3 is 2.41 bits per heavy atom. The van der Waals surface area contributed by atoms with Crippen LogP contribution in [0.4, 0.5) is 0 Å². The van der Waals surface area contributed by atoms with Gasteiger partial charge in [0.25, 0.3) is 5.91 Å². The number of nitriles is 1. The van der Waals surface area contributed by atoms with Crippen molar-refractivity contribution in [1.82, 2.24) is 14.7 Å². The standard InChI is InChI=1S/C22H20N4O3/c1-25(14-8-13-23)21(27)16-29-22(28)20-15-19(17-9-4-2-5-10-17)24-26(20)18-11-6-3-7-12-18/h2-7,9-12,15H,8,14,16H2,1H3. The Hall–Kier alpha value is -3.92. The predicted octanol–water partition coefficient (Wildman–Crippen LogP) is 3.07. The molecule has 3 aromatic rings.